The van der Waals surface area contributed by atoms with Gasteiger partial charge in [0.15, 0.2) is 0 Å². The van der Waals surface area contributed by atoms with Crippen LogP contribution in [-0.2, 0) is 4.74 Å². The lowest BCUT2D eigenvalue weighted by atomic mass is 10.1. The van der Waals surface area contributed by atoms with E-state index in [9.17, 15) is 4.79 Å². The van der Waals surface area contributed by atoms with Gasteiger partial charge in [-0.15, -0.1) is 0 Å². The maximum atomic E-state index is 11.5. The second-order valence-corrected chi connectivity index (χ2v) is 5.78. The van der Waals surface area contributed by atoms with Gasteiger partial charge in [-0.05, 0) is 45.4 Å². The zero-order chi connectivity index (χ0) is 11.1. The van der Waals surface area contributed by atoms with Crippen molar-refractivity contribution in [2.75, 3.05) is 6.54 Å². The van der Waals surface area contributed by atoms with E-state index in [0.29, 0.717) is 5.41 Å². The molecule has 1 saturated heterocycles. The summed E-state index contributed by atoms with van der Waals surface area (Å²) in [5.74, 6) is 0. The van der Waals surface area contributed by atoms with Crippen molar-refractivity contribution in [3.05, 3.63) is 0 Å². The average molecular weight is 212 g/mol. The maximum Gasteiger partial charge on any atom is 0.408 e. The number of rotatable bonds is 1. The number of alkyl carbamates (subject to hydrolysis) is 1. The molecule has 2 N–H and O–H groups in total. The van der Waals surface area contributed by atoms with Gasteiger partial charge in [-0.2, -0.15) is 0 Å². The first kappa shape index (κ1) is 10.7. The summed E-state index contributed by atoms with van der Waals surface area (Å²) in [6.45, 7) is 6.65. The molecule has 0 bridgehead atoms. The third kappa shape index (κ3) is 2.84. The van der Waals surface area contributed by atoms with E-state index in [4.69, 9.17) is 4.74 Å². The van der Waals surface area contributed by atoms with Crippen LogP contribution in [0.4, 0.5) is 4.79 Å². The zero-order valence-electron chi connectivity index (χ0n) is 9.72. The Kier molecular flexibility index (Phi) is 2.41. The monoisotopic (exact) mass is 212 g/mol. The molecule has 0 radical (unpaired) electrons. The molecule has 1 spiro atoms. The largest absolute Gasteiger partial charge is 0.444 e. The fraction of sp³-hybridized carbons (Fsp3) is 0.909. The van der Waals surface area contributed by atoms with E-state index in [1.165, 1.54) is 12.8 Å². The standard InChI is InChI=1S/C11H20N2O2/c1-10(2,3)15-9(14)13-8-6-11(4-5-11)7-12-8/h8,12H,4-7H2,1-3H3,(H,13,14). The first-order valence-electron chi connectivity index (χ1n) is 5.62. The quantitative estimate of drug-likeness (QED) is 0.694. The molecule has 1 atom stereocenters. The summed E-state index contributed by atoms with van der Waals surface area (Å²) in [5.41, 5.74) is 0.0830. The number of hydrogen-bond donors (Lipinski definition) is 2. The Labute approximate surface area is 90.8 Å². The third-order valence-electron chi connectivity index (χ3n) is 3.01. The highest BCUT2D eigenvalue weighted by Gasteiger charge is 2.48. The topological polar surface area (TPSA) is 50.4 Å². The van der Waals surface area contributed by atoms with Crippen LogP contribution in [0, 0.1) is 5.41 Å². The Bertz CT molecular complexity index is 266. The van der Waals surface area contributed by atoms with Crippen LogP contribution in [0.25, 0.3) is 0 Å². The van der Waals surface area contributed by atoms with Gasteiger partial charge < -0.3 is 10.1 Å². The van der Waals surface area contributed by atoms with Gasteiger partial charge >= 0.3 is 6.09 Å². The van der Waals surface area contributed by atoms with Gasteiger partial charge in [0.2, 0.25) is 0 Å². The van der Waals surface area contributed by atoms with Gasteiger partial charge in [-0.25, -0.2) is 4.79 Å². The van der Waals surface area contributed by atoms with E-state index in [0.717, 1.165) is 13.0 Å². The van der Waals surface area contributed by atoms with E-state index in [-0.39, 0.29) is 12.3 Å². The normalized spacial score (nSPS) is 27.8. The number of ether oxygens (including phenoxy) is 1. The van der Waals surface area contributed by atoms with E-state index in [1.807, 2.05) is 20.8 Å². The summed E-state index contributed by atoms with van der Waals surface area (Å²) in [5, 5.41) is 6.17. The molecule has 1 amide bonds. The zero-order valence-corrected chi connectivity index (χ0v) is 9.72. The van der Waals surface area contributed by atoms with Crippen molar-refractivity contribution in [2.24, 2.45) is 5.41 Å². The molecule has 15 heavy (non-hydrogen) atoms. The summed E-state index contributed by atoms with van der Waals surface area (Å²) >= 11 is 0. The van der Waals surface area contributed by atoms with E-state index in [2.05, 4.69) is 10.6 Å². The van der Waals surface area contributed by atoms with Crippen LogP contribution in [0.2, 0.25) is 0 Å². The van der Waals surface area contributed by atoms with Crippen molar-refractivity contribution >= 4 is 6.09 Å². The lowest BCUT2D eigenvalue weighted by Gasteiger charge is -2.21. The fourth-order valence-corrected chi connectivity index (χ4v) is 2.03. The van der Waals surface area contributed by atoms with Crippen molar-refractivity contribution in [3.8, 4) is 0 Å². The van der Waals surface area contributed by atoms with Gasteiger partial charge in [0, 0.05) is 6.54 Å². The first-order chi connectivity index (χ1) is 6.89. The molecule has 0 aromatic rings. The molecular formula is C11H20N2O2. The van der Waals surface area contributed by atoms with E-state index in [1.54, 1.807) is 0 Å². The predicted octanol–water partition coefficient (Wildman–Crippen LogP) is 1.61. The summed E-state index contributed by atoms with van der Waals surface area (Å²) in [6, 6.07) is 0. The number of amides is 1. The Hall–Kier alpha value is -0.770. The summed E-state index contributed by atoms with van der Waals surface area (Å²) in [4.78, 5) is 11.5. The molecular weight excluding hydrogens is 192 g/mol. The Morgan fingerprint density at radius 2 is 2.13 bits per heavy atom. The summed E-state index contributed by atoms with van der Waals surface area (Å²) in [6.07, 6.45) is 3.42. The second kappa shape index (κ2) is 3.37. The molecule has 2 fully saturated rings. The molecule has 86 valence electrons. The highest BCUT2D eigenvalue weighted by molar-refractivity contribution is 5.68. The van der Waals surface area contributed by atoms with Crippen LogP contribution < -0.4 is 10.6 Å². The molecule has 1 unspecified atom stereocenters. The second-order valence-electron chi connectivity index (χ2n) is 5.78. The highest BCUT2D eigenvalue weighted by Crippen LogP contribution is 2.51. The van der Waals surface area contributed by atoms with Crippen molar-refractivity contribution in [1.82, 2.24) is 10.6 Å². The third-order valence-corrected chi connectivity index (χ3v) is 3.01. The molecule has 1 aliphatic carbocycles. The van der Waals surface area contributed by atoms with E-state index < -0.39 is 5.60 Å². The molecule has 4 nitrogen and oxygen atoms in total. The van der Waals surface area contributed by atoms with Gasteiger partial charge in [-0.3, -0.25) is 5.32 Å². The SMILES string of the molecule is CC(C)(C)OC(=O)NC1CC2(CC2)CN1. The Balaban J connectivity index is 1.75. The minimum absolute atomic E-state index is 0.0994. The van der Waals surface area contributed by atoms with Crippen molar-refractivity contribution in [1.29, 1.82) is 0 Å². The van der Waals surface area contributed by atoms with Crippen LogP contribution in [0.3, 0.4) is 0 Å². The van der Waals surface area contributed by atoms with Crippen molar-refractivity contribution < 1.29 is 9.53 Å². The minimum atomic E-state index is -0.417. The maximum absolute atomic E-state index is 11.5. The number of nitrogens with one attached hydrogen (secondary N) is 2. The smallest absolute Gasteiger partial charge is 0.408 e. The lowest BCUT2D eigenvalue weighted by Crippen LogP contribution is -2.43. The highest BCUT2D eigenvalue weighted by atomic mass is 16.6. The number of carbonyl (C=O) groups excluding carboxylic acids is 1. The van der Waals surface area contributed by atoms with Gasteiger partial charge in [0.05, 0.1) is 6.17 Å². The number of carbonyl (C=O) groups is 1. The predicted molar refractivity (Wildman–Crippen MR) is 57.4 cm³/mol. The number of hydrogen-bond acceptors (Lipinski definition) is 3. The van der Waals surface area contributed by atoms with Crippen LogP contribution in [0.5, 0.6) is 0 Å². The molecule has 2 rings (SSSR count). The first-order valence-corrected chi connectivity index (χ1v) is 5.62. The lowest BCUT2D eigenvalue weighted by molar-refractivity contribution is 0.0499. The summed E-state index contributed by atoms with van der Waals surface area (Å²) in [7, 11) is 0. The van der Waals surface area contributed by atoms with Crippen molar-refractivity contribution in [2.45, 2.75) is 51.8 Å². The molecule has 1 heterocycles. The van der Waals surface area contributed by atoms with Gasteiger partial charge in [-0.1, -0.05) is 0 Å². The minimum Gasteiger partial charge on any atom is -0.444 e. The molecule has 1 saturated carbocycles. The molecule has 2 aliphatic rings. The van der Waals surface area contributed by atoms with Gasteiger partial charge in [0.25, 0.3) is 0 Å². The Morgan fingerprint density at radius 3 is 2.60 bits per heavy atom. The van der Waals surface area contributed by atoms with Crippen LogP contribution in [-0.4, -0.2) is 24.4 Å². The average Bonchev–Trinajstić information content (AvgIpc) is 2.65. The van der Waals surface area contributed by atoms with Crippen LogP contribution >= 0.6 is 0 Å². The molecule has 4 heteroatoms. The molecule has 0 aromatic heterocycles. The van der Waals surface area contributed by atoms with E-state index >= 15 is 0 Å². The summed E-state index contributed by atoms with van der Waals surface area (Å²) < 4.78 is 5.20. The van der Waals surface area contributed by atoms with Crippen LogP contribution in [0.1, 0.15) is 40.0 Å². The van der Waals surface area contributed by atoms with Crippen LogP contribution in [0.15, 0.2) is 0 Å². The molecule has 1 aliphatic heterocycles. The van der Waals surface area contributed by atoms with Gasteiger partial charge in [0.1, 0.15) is 5.60 Å². The fourth-order valence-electron chi connectivity index (χ4n) is 2.03. The Morgan fingerprint density at radius 1 is 1.47 bits per heavy atom. The molecule has 0 aromatic carbocycles. The van der Waals surface area contributed by atoms with Crippen molar-refractivity contribution in [3.63, 3.8) is 0 Å².